The van der Waals surface area contributed by atoms with E-state index in [4.69, 9.17) is 9.94 Å². The first-order valence-corrected chi connectivity index (χ1v) is 7.22. The molecule has 0 saturated heterocycles. The molecule has 0 aliphatic heterocycles. The minimum Gasteiger partial charge on any atom is -0.472 e. The zero-order valence-corrected chi connectivity index (χ0v) is 13.3. The maximum Gasteiger partial charge on any atom is 0.261 e. The number of aromatic nitrogens is 2. The lowest BCUT2D eigenvalue weighted by Gasteiger charge is -2.16. The number of carbonyl (C=O) groups is 1. The normalized spacial score (nSPS) is 10.7. The fourth-order valence-electron chi connectivity index (χ4n) is 2.09. The largest absolute Gasteiger partial charge is 0.472 e. The second kappa shape index (κ2) is 6.62. The number of amides is 1. The third kappa shape index (κ3) is 3.55. The van der Waals surface area contributed by atoms with Gasteiger partial charge in [-0.25, -0.2) is 0 Å². The van der Waals surface area contributed by atoms with Crippen molar-refractivity contribution in [3.8, 4) is 5.88 Å². The average Bonchev–Trinajstić information content (AvgIpc) is 2.89. The first-order chi connectivity index (χ1) is 10.0. The molecule has 0 fully saturated rings. The molecular weight excluding hydrogens is 338 g/mol. The highest BCUT2D eigenvalue weighted by Crippen LogP contribution is 2.24. The molecule has 21 heavy (non-hydrogen) atoms. The van der Waals surface area contributed by atoms with Crippen LogP contribution < -0.4 is 9.08 Å². The Morgan fingerprint density at radius 2 is 2.24 bits per heavy atom. The first-order valence-electron chi connectivity index (χ1n) is 6.43. The molecule has 2 aromatic rings. The smallest absolute Gasteiger partial charge is 0.261 e. The SMILES string of the molecule is CC(C)c1cccc(C(=O)NBr)c1COc1ccn(O)n1. The summed E-state index contributed by atoms with van der Waals surface area (Å²) < 4.78 is 8.00. The monoisotopic (exact) mass is 353 g/mol. The van der Waals surface area contributed by atoms with Crippen LogP contribution in [-0.4, -0.2) is 21.1 Å². The molecule has 1 aromatic carbocycles. The van der Waals surface area contributed by atoms with Crippen molar-refractivity contribution in [2.45, 2.75) is 26.4 Å². The Kier molecular flexibility index (Phi) is 4.85. The van der Waals surface area contributed by atoms with Gasteiger partial charge in [0.1, 0.15) is 6.61 Å². The second-order valence-electron chi connectivity index (χ2n) is 4.81. The standard InChI is InChI=1S/C14H16BrN3O3/c1-9(2)10-4-3-5-11(14(19)16-15)12(10)8-21-13-6-7-18(20)17-13/h3-7,9,20H,8H2,1-2H3,(H,16,19). The number of carbonyl (C=O) groups excluding carboxylic acids is 1. The fourth-order valence-corrected chi connectivity index (χ4v) is 2.31. The number of hydrogen-bond donors (Lipinski definition) is 2. The lowest BCUT2D eigenvalue weighted by molar-refractivity contribution is 0.0983. The second-order valence-corrected chi connectivity index (χ2v) is 5.21. The summed E-state index contributed by atoms with van der Waals surface area (Å²) in [6.07, 6.45) is 1.37. The van der Waals surface area contributed by atoms with Gasteiger partial charge in [-0.3, -0.25) is 9.14 Å². The summed E-state index contributed by atoms with van der Waals surface area (Å²) in [6.45, 7) is 4.30. The van der Waals surface area contributed by atoms with Crippen molar-refractivity contribution in [3.63, 3.8) is 0 Å². The number of rotatable bonds is 5. The topological polar surface area (TPSA) is 76.4 Å². The van der Waals surface area contributed by atoms with E-state index in [1.165, 1.54) is 6.20 Å². The molecule has 1 heterocycles. The van der Waals surface area contributed by atoms with Crippen molar-refractivity contribution in [1.29, 1.82) is 0 Å². The summed E-state index contributed by atoms with van der Waals surface area (Å²) in [5.74, 6) is 0.312. The molecule has 2 N–H and O–H groups in total. The molecule has 1 amide bonds. The molecule has 0 aliphatic carbocycles. The van der Waals surface area contributed by atoms with Gasteiger partial charge in [-0.05, 0) is 17.5 Å². The average molecular weight is 354 g/mol. The van der Waals surface area contributed by atoms with Crippen molar-refractivity contribution in [2.75, 3.05) is 0 Å². The first kappa shape index (κ1) is 15.4. The summed E-state index contributed by atoms with van der Waals surface area (Å²) in [5, 5.41) is 12.9. The maximum absolute atomic E-state index is 12.0. The van der Waals surface area contributed by atoms with Crippen LogP contribution in [0.15, 0.2) is 30.5 Å². The van der Waals surface area contributed by atoms with E-state index >= 15 is 0 Å². The van der Waals surface area contributed by atoms with Gasteiger partial charge in [0.25, 0.3) is 5.91 Å². The maximum atomic E-state index is 12.0. The quantitative estimate of drug-likeness (QED) is 0.640. The van der Waals surface area contributed by atoms with E-state index in [1.54, 1.807) is 12.1 Å². The number of nitrogens with zero attached hydrogens (tertiary/aromatic N) is 2. The van der Waals surface area contributed by atoms with Gasteiger partial charge in [0.2, 0.25) is 5.88 Å². The molecule has 1 aromatic heterocycles. The van der Waals surface area contributed by atoms with Gasteiger partial charge < -0.3 is 9.94 Å². The Morgan fingerprint density at radius 3 is 2.81 bits per heavy atom. The van der Waals surface area contributed by atoms with Gasteiger partial charge in [0.15, 0.2) is 0 Å². The summed E-state index contributed by atoms with van der Waals surface area (Å²) in [4.78, 5) is 12.6. The van der Waals surface area contributed by atoms with Gasteiger partial charge in [-0.15, -0.1) is 4.85 Å². The molecule has 112 valence electrons. The van der Waals surface area contributed by atoms with E-state index in [0.717, 1.165) is 11.1 Å². The minimum absolute atomic E-state index is 0.196. The van der Waals surface area contributed by atoms with Crippen LogP contribution in [0, 0.1) is 0 Å². The van der Waals surface area contributed by atoms with Gasteiger partial charge in [-0.2, -0.15) is 0 Å². The van der Waals surface area contributed by atoms with E-state index in [0.29, 0.717) is 16.3 Å². The summed E-state index contributed by atoms with van der Waals surface area (Å²) in [7, 11) is 0. The van der Waals surface area contributed by atoms with Gasteiger partial charge >= 0.3 is 0 Å². The van der Waals surface area contributed by atoms with Crippen LogP contribution in [0.4, 0.5) is 0 Å². The fraction of sp³-hybridized carbons (Fsp3) is 0.286. The predicted molar refractivity (Wildman–Crippen MR) is 80.7 cm³/mol. The summed E-state index contributed by atoms with van der Waals surface area (Å²) in [5.41, 5.74) is 2.38. The molecule has 0 bridgehead atoms. The molecule has 0 radical (unpaired) electrons. The Hall–Kier alpha value is -2.02. The lowest BCUT2D eigenvalue weighted by atomic mass is 9.93. The Morgan fingerprint density at radius 1 is 1.48 bits per heavy atom. The number of benzene rings is 1. The van der Waals surface area contributed by atoms with E-state index in [2.05, 4.69) is 39.4 Å². The molecule has 0 unspecified atom stereocenters. The van der Waals surface area contributed by atoms with Crippen molar-refractivity contribution in [3.05, 3.63) is 47.2 Å². The molecule has 7 heteroatoms. The van der Waals surface area contributed by atoms with Crippen molar-refractivity contribution >= 4 is 22.1 Å². The van der Waals surface area contributed by atoms with Gasteiger partial charge in [0.05, 0.1) is 6.20 Å². The molecule has 0 atom stereocenters. The molecule has 0 aliphatic rings. The molecule has 2 rings (SSSR count). The van der Waals surface area contributed by atoms with Gasteiger partial charge in [0, 0.05) is 33.3 Å². The van der Waals surface area contributed by atoms with Crippen LogP contribution in [0.1, 0.15) is 41.3 Å². The Bertz CT molecular complexity index is 640. The number of ether oxygens (including phenoxy) is 1. The third-order valence-electron chi connectivity index (χ3n) is 3.08. The number of nitrogens with one attached hydrogen (secondary N) is 1. The Labute approximate surface area is 131 Å². The molecule has 0 spiro atoms. The van der Waals surface area contributed by atoms with Crippen LogP contribution >= 0.6 is 16.1 Å². The molecule has 6 nitrogen and oxygen atoms in total. The highest BCUT2D eigenvalue weighted by molar-refractivity contribution is 9.08. The highest BCUT2D eigenvalue weighted by Gasteiger charge is 2.17. The lowest BCUT2D eigenvalue weighted by Crippen LogP contribution is -2.17. The van der Waals surface area contributed by atoms with E-state index < -0.39 is 0 Å². The highest BCUT2D eigenvalue weighted by atomic mass is 79.9. The number of hydrogen-bond acceptors (Lipinski definition) is 4. The van der Waals surface area contributed by atoms with E-state index in [9.17, 15) is 4.79 Å². The van der Waals surface area contributed by atoms with E-state index in [1.807, 2.05) is 12.1 Å². The zero-order valence-electron chi connectivity index (χ0n) is 11.7. The predicted octanol–water partition coefficient (Wildman–Crippen LogP) is 2.86. The number of halogens is 1. The van der Waals surface area contributed by atoms with Crippen molar-refractivity contribution in [2.24, 2.45) is 0 Å². The third-order valence-corrected chi connectivity index (χ3v) is 3.44. The minimum atomic E-state index is -0.233. The van der Waals surface area contributed by atoms with Gasteiger partial charge in [-0.1, -0.05) is 31.1 Å². The summed E-state index contributed by atoms with van der Waals surface area (Å²) in [6, 6.07) is 7.10. The molecular formula is C14H16BrN3O3. The molecule has 0 saturated carbocycles. The van der Waals surface area contributed by atoms with Crippen molar-refractivity contribution in [1.82, 2.24) is 14.3 Å². The van der Waals surface area contributed by atoms with Crippen LogP contribution in [0.5, 0.6) is 5.88 Å². The van der Waals surface area contributed by atoms with Crippen LogP contribution in [-0.2, 0) is 6.61 Å². The van der Waals surface area contributed by atoms with Crippen LogP contribution in [0.25, 0.3) is 0 Å². The Balaban J connectivity index is 2.32. The van der Waals surface area contributed by atoms with E-state index in [-0.39, 0.29) is 18.4 Å². The zero-order chi connectivity index (χ0) is 15.4. The summed E-state index contributed by atoms with van der Waals surface area (Å²) >= 11 is 2.96. The van der Waals surface area contributed by atoms with Crippen LogP contribution in [0.2, 0.25) is 0 Å². The van der Waals surface area contributed by atoms with Crippen molar-refractivity contribution < 1.29 is 14.7 Å². The van der Waals surface area contributed by atoms with Crippen LogP contribution in [0.3, 0.4) is 0 Å².